The minimum absolute atomic E-state index is 0.0567. The number of carbonyl (C=O) groups excluding carboxylic acids is 1. The van der Waals surface area contributed by atoms with E-state index < -0.39 is 0 Å². The summed E-state index contributed by atoms with van der Waals surface area (Å²) < 4.78 is 16.1. The molecule has 0 aliphatic heterocycles. The van der Waals surface area contributed by atoms with Gasteiger partial charge in [0.05, 0.1) is 6.54 Å². The molecule has 0 fully saturated rings. The number of hydrogen-bond acceptors (Lipinski definition) is 2. The van der Waals surface area contributed by atoms with Crippen molar-refractivity contribution in [2.45, 2.75) is 25.8 Å². The summed E-state index contributed by atoms with van der Waals surface area (Å²) in [5, 5.41) is 0. The number of rotatable bonds is 2. The Morgan fingerprint density at radius 1 is 1.14 bits per heavy atom. The second-order valence-electron chi connectivity index (χ2n) is 5.13. The molecule has 0 saturated carbocycles. The summed E-state index contributed by atoms with van der Waals surface area (Å²) >= 11 is 3.21. The monoisotopic (exact) mass is 349 g/mol. The van der Waals surface area contributed by atoms with Gasteiger partial charge in [-0.1, -0.05) is 22.0 Å². The summed E-state index contributed by atoms with van der Waals surface area (Å²) in [5.41, 5.74) is 1.55. The molecule has 0 amide bonds. The van der Waals surface area contributed by atoms with Crippen molar-refractivity contribution in [1.82, 2.24) is 4.57 Å². The number of benzene rings is 1. The summed E-state index contributed by atoms with van der Waals surface area (Å²) in [6.45, 7) is 0.147. The zero-order valence-electron chi connectivity index (χ0n) is 11.2. The quantitative estimate of drug-likeness (QED) is 0.834. The van der Waals surface area contributed by atoms with E-state index in [-0.39, 0.29) is 23.7 Å². The lowest BCUT2D eigenvalue weighted by Crippen LogP contribution is -2.28. The van der Waals surface area contributed by atoms with E-state index in [2.05, 4.69) is 15.9 Å². The molecule has 1 aromatic heterocycles. The van der Waals surface area contributed by atoms with Gasteiger partial charge < -0.3 is 4.57 Å². The first-order valence-corrected chi connectivity index (χ1v) is 7.55. The molecule has 0 unspecified atom stereocenters. The van der Waals surface area contributed by atoms with Gasteiger partial charge in [0.2, 0.25) is 0 Å². The molecular formula is C16H13BrFNO2. The number of halogens is 2. The highest BCUT2D eigenvalue weighted by Crippen LogP contribution is 2.21. The first-order chi connectivity index (χ1) is 10.1. The molecule has 3 rings (SSSR count). The molecule has 1 aliphatic carbocycles. The fourth-order valence-electron chi connectivity index (χ4n) is 2.69. The number of aromatic nitrogens is 1. The Balaban J connectivity index is 2.08. The first-order valence-electron chi connectivity index (χ1n) is 6.76. The minimum Gasteiger partial charge on any atom is -0.307 e. The van der Waals surface area contributed by atoms with Crippen LogP contribution in [0.5, 0.6) is 0 Å². The van der Waals surface area contributed by atoms with Crippen LogP contribution in [-0.2, 0) is 13.0 Å². The number of carbonyl (C=O) groups is 1. The molecule has 3 nitrogen and oxygen atoms in total. The van der Waals surface area contributed by atoms with Crippen LogP contribution in [0.15, 0.2) is 39.6 Å². The van der Waals surface area contributed by atoms with Gasteiger partial charge in [0.15, 0.2) is 5.78 Å². The second kappa shape index (κ2) is 5.56. The van der Waals surface area contributed by atoms with Crippen molar-refractivity contribution in [2.75, 3.05) is 0 Å². The van der Waals surface area contributed by atoms with Gasteiger partial charge in [0.1, 0.15) is 5.82 Å². The van der Waals surface area contributed by atoms with Gasteiger partial charge in [0, 0.05) is 33.8 Å². The maximum atomic E-state index is 14.0. The second-order valence-corrected chi connectivity index (χ2v) is 6.05. The van der Waals surface area contributed by atoms with E-state index >= 15 is 0 Å². The summed E-state index contributed by atoms with van der Waals surface area (Å²) in [6.07, 6.45) is 1.92. The third-order valence-electron chi connectivity index (χ3n) is 3.76. The highest BCUT2D eigenvalue weighted by Gasteiger charge is 2.21. The van der Waals surface area contributed by atoms with Gasteiger partial charge in [0.25, 0.3) is 5.56 Å². The molecule has 21 heavy (non-hydrogen) atoms. The standard InChI is InChI=1S/C16H13BrFNO2/c17-11-5-4-10(13(18)8-11)9-19-14-2-1-3-15(20)12(14)6-7-16(19)21/h4-8H,1-3,9H2. The molecular weight excluding hydrogens is 337 g/mol. The highest BCUT2D eigenvalue weighted by atomic mass is 79.9. The lowest BCUT2D eigenvalue weighted by molar-refractivity contribution is 0.0970. The normalized spacial score (nSPS) is 14.1. The number of nitrogens with zero attached hydrogens (tertiary/aromatic N) is 1. The van der Waals surface area contributed by atoms with Crippen molar-refractivity contribution in [3.05, 3.63) is 67.8 Å². The third kappa shape index (κ3) is 2.70. The number of pyridine rings is 1. The van der Waals surface area contributed by atoms with Crippen LogP contribution in [0.2, 0.25) is 0 Å². The van der Waals surface area contributed by atoms with Gasteiger partial charge in [-0.15, -0.1) is 0 Å². The Morgan fingerprint density at radius 3 is 2.71 bits per heavy atom. The molecule has 2 aromatic rings. The summed E-state index contributed by atoms with van der Waals surface area (Å²) in [4.78, 5) is 24.0. The molecule has 5 heteroatoms. The molecule has 1 aromatic carbocycles. The van der Waals surface area contributed by atoms with Gasteiger partial charge in [-0.05, 0) is 31.0 Å². The average Bonchev–Trinajstić information content (AvgIpc) is 2.44. The van der Waals surface area contributed by atoms with Crippen LogP contribution in [0.25, 0.3) is 0 Å². The zero-order valence-corrected chi connectivity index (χ0v) is 12.8. The predicted octanol–water partition coefficient (Wildman–Crippen LogP) is 3.32. The van der Waals surface area contributed by atoms with Crippen LogP contribution in [0, 0.1) is 5.82 Å². The van der Waals surface area contributed by atoms with Crippen molar-refractivity contribution in [3.63, 3.8) is 0 Å². The van der Waals surface area contributed by atoms with Crippen LogP contribution in [-0.4, -0.2) is 10.4 Å². The smallest absolute Gasteiger partial charge is 0.251 e. The fourth-order valence-corrected chi connectivity index (χ4v) is 3.02. The molecule has 108 valence electrons. The SMILES string of the molecule is O=C1CCCc2c1ccc(=O)n2Cc1ccc(Br)cc1F. The summed E-state index contributed by atoms with van der Waals surface area (Å²) in [6, 6.07) is 7.74. The number of fused-ring (bicyclic) bond motifs is 1. The Kier molecular flexibility index (Phi) is 3.76. The Bertz CT molecular complexity index is 782. The molecule has 0 saturated heterocycles. The molecule has 0 spiro atoms. The molecule has 0 bridgehead atoms. The van der Waals surface area contributed by atoms with Gasteiger partial charge in [-0.25, -0.2) is 4.39 Å². The van der Waals surface area contributed by atoms with Crippen molar-refractivity contribution in [1.29, 1.82) is 0 Å². The van der Waals surface area contributed by atoms with Crippen LogP contribution in [0.1, 0.15) is 34.5 Å². The summed E-state index contributed by atoms with van der Waals surface area (Å²) in [7, 11) is 0. The van der Waals surface area contributed by atoms with Crippen molar-refractivity contribution < 1.29 is 9.18 Å². The number of ketones is 1. The van der Waals surface area contributed by atoms with E-state index in [1.807, 2.05) is 0 Å². The maximum Gasteiger partial charge on any atom is 0.251 e. The average molecular weight is 350 g/mol. The van der Waals surface area contributed by atoms with Crippen molar-refractivity contribution in [2.24, 2.45) is 0 Å². The Morgan fingerprint density at radius 2 is 1.95 bits per heavy atom. The molecule has 0 atom stereocenters. The van der Waals surface area contributed by atoms with Crippen molar-refractivity contribution in [3.8, 4) is 0 Å². The van der Waals surface area contributed by atoms with Gasteiger partial charge >= 0.3 is 0 Å². The molecule has 1 aliphatic rings. The fraction of sp³-hybridized carbons (Fsp3) is 0.250. The third-order valence-corrected chi connectivity index (χ3v) is 4.25. The van der Waals surface area contributed by atoms with Crippen LogP contribution >= 0.6 is 15.9 Å². The molecule has 0 radical (unpaired) electrons. The van der Waals surface area contributed by atoms with Gasteiger partial charge in [-0.2, -0.15) is 0 Å². The van der Waals surface area contributed by atoms with E-state index in [4.69, 9.17) is 0 Å². The van der Waals surface area contributed by atoms with Crippen molar-refractivity contribution >= 4 is 21.7 Å². The van der Waals surface area contributed by atoms with E-state index in [0.717, 1.165) is 12.1 Å². The molecule has 0 N–H and O–H groups in total. The predicted molar refractivity (Wildman–Crippen MR) is 81.2 cm³/mol. The van der Waals surface area contributed by atoms with E-state index in [0.29, 0.717) is 28.4 Å². The Hall–Kier alpha value is -1.75. The lowest BCUT2D eigenvalue weighted by atomic mass is 9.94. The minimum atomic E-state index is -0.365. The van der Waals surface area contributed by atoms with E-state index in [1.54, 1.807) is 18.2 Å². The highest BCUT2D eigenvalue weighted by molar-refractivity contribution is 9.10. The lowest BCUT2D eigenvalue weighted by Gasteiger charge is -2.20. The van der Waals surface area contributed by atoms with Crippen LogP contribution in [0.4, 0.5) is 4.39 Å². The van der Waals surface area contributed by atoms with E-state index in [1.165, 1.54) is 16.7 Å². The van der Waals surface area contributed by atoms with E-state index in [9.17, 15) is 14.0 Å². The van der Waals surface area contributed by atoms with Crippen LogP contribution in [0.3, 0.4) is 0 Å². The topological polar surface area (TPSA) is 39.1 Å². The first kappa shape index (κ1) is 14.2. The van der Waals surface area contributed by atoms with Crippen LogP contribution < -0.4 is 5.56 Å². The maximum absolute atomic E-state index is 14.0. The number of hydrogen-bond donors (Lipinski definition) is 0. The number of Topliss-reactive ketones (excluding diaryl/α,β-unsaturated/α-hetero) is 1. The Labute approximate surface area is 129 Å². The van der Waals surface area contributed by atoms with Gasteiger partial charge in [-0.3, -0.25) is 9.59 Å². The largest absolute Gasteiger partial charge is 0.307 e. The molecule has 1 heterocycles. The summed E-state index contributed by atoms with van der Waals surface area (Å²) in [5.74, 6) is -0.308. The zero-order chi connectivity index (χ0) is 15.0.